The van der Waals surface area contributed by atoms with Crippen molar-refractivity contribution < 1.29 is 19.0 Å². The van der Waals surface area contributed by atoms with Gasteiger partial charge in [0.25, 0.3) is 5.91 Å². The zero-order valence-electron chi connectivity index (χ0n) is 20.8. The molecule has 1 aliphatic heterocycles. The van der Waals surface area contributed by atoms with Crippen molar-refractivity contribution in [1.29, 1.82) is 0 Å². The maximum atomic E-state index is 13.3. The standard InChI is InChI=1S/C28H33N3O4/c1-28(2,3)26-10-6-21(17-30-26)19-5-8-23-20(15-19)11-12-31(27(23)32)22-7-9-25(24(29)16-22)35-18-34-14-13-33-4/h5-10,15-17H,11-14,18,29H2,1-4H3. The summed E-state index contributed by atoms with van der Waals surface area (Å²) in [6, 6.07) is 15.6. The topological polar surface area (TPSA) is 86.9 Å². The van der Waals surface area contributed by atoms with E-state index >= 15 is 0 Å². The summed E-state index contributed by atoms with van der Waals surface area (Å²) in [7, 11) is 1.61. The monoisotopic (exact) mass is 475 g/mol. The molecule has 0 spiro atoms. The van der Waals surface area contributed by atoms with Crippen molar-refractivity contribution >= 4 is 17.3 Å². The maximum Gasteiger partial charge on any atom is 0.258 e. The minimum absolute atomic E-state index is 0.00974. The number of aromatic nitrogens is 1. The van der Waals surface area contributed by atoms with E-state index in [2.05, 4.69) is 44.0 Å². The van der Waals surface area contributed by atoms with Crippen molar-refractivity contribution in [2.75, 3.05) is 44.3 Å². The number of rotatable bonds is 8. The highest BCUT2D eigenvalue weighted by molar-refractivity contribution is 6.08. The first-order valence-corrected chi connectivity index (χ1v) is 11.8. The third-order valence-corrected chi connectivity index (χ3v) is 6.09. The molecular formula is C28H33N3O4. The summed E-state index contributed by atoms with van der Waals surface area (Å²) in [5.74, 6) is 0.488. The third-order valence-electron chi connectivity index (χ3n) is 6.09. The zero-order chi connectivity index (χ0) is 25.0. The second-order valence-corrected chi connectivity index (χ2v) is 9.65. The number of ether oxygens (including phenoxy) is 3. The molecule has 2 N–H and O–H groups in total. The number of anilines is 2. The predicted molar refractivity (Wildman–Crippen MR) is 138 cm³/mol. The molecule has 0 atom stereocenters. The molecule has 4 rings (SSSR count). The Hall–Kier alpha value is -3.42. The van der Waals surface area contributed by atoms with Gasteiger partial charge in [0.1, 0.15) is 5.75 Å². The molecule has 0 saturated heterocycles. The first-order chi connectivity index (χ1) is 16.8. The number of amides is 1. The Labute approximate surface area is 206 Å². The highest BCUT2D eigenvalue weighted by Gasteiger charge is 2.26. The quantitative estimate of drug-likeness (QED) is 0.285. The van der Waals surface area contributed by atoms with Crippen LogP contribution >= 0.6 is 0 Å². The number of carbonyl (C=O) groups is 1. The molecule has 3 aromatic rings. The Morgan fingerprint density at radius 2 is 1.83 bits per heavy atom. The molecule has 184 valence electrons. The molecule has 1 aromatic heterocycles. The second kappa shape index (κ2) is 10.5. The van der Waals surface area contributed by atoms with E-state index in [9.17, 15) is 4.79 Å². The molecule has 2 heterocycles. The SMILES string of the molecule is COCCOCOc1ccc(N2CCc3cc(-c4ccc(C(C)(C)C)nc4)ccc3C2=O)cc1N. The summed E-state index contributed by atoms with van der Waals surface area (Å²) in [5, 5.41) is 0. The zero-order valence-corrected chi connectivity index (χ0v) is 20.8. The largest absolute Gasteiger partial charge is 0.465 e. The number of carbonyl (C=O) groups excluding carboxylic acids is 1. The normalized spacial score (nSPS) is 13.6. The molecule has 0 bridgehead atoms. The molecule has 0 saturated carbocycles. The molecule has 35 heavy (non-hydrogen) atoms. The van der Waals surface area contributed by atoms with Gasteiger partial charge in [0.05, 0.1) is 18.9 Å². The lowest BCUT2D eigenvalue weighted by Crippen LogP contribution is -2.37. The van der Waals surface area contributed by atoms with Gasteiger partial charge in [-0.15, -0.1) is 0 Å². The van der Waals surface area contributed by atoms with Gasteiger partial charge < -0.3 is 24.8 Å². The first kappa shape index (κ1) is 24.7. The van der Waals surface area contributed by atoms with E-state index in [0.717, 1.165) is 34.5 Å². The Morgan fingerprint density at radius 1 is 1.03 bits per heavy atom. The van der Waals surface area contributed by atoms with E-state index in [1.807, 2.05) is 24.4 Å². The molecule has 0 unspecified atom stereocenters. The first-order valence-electron chi connectivity index (χ1n) is 11.8. The number of methoxy groups -OCH3 is 1. The second-order valence-electron chi connectivity index (χ2n) is 9.65. The Bertz CT molecular complexity index is 1190. The van der Waals surface area contributed by atoms with Crippen LogP contribution in [0.4, 0.5) is 11.4 Å². The number of benzene rings is 2. The van der Waals surface area contributed by atoms with Crippen molar-refractivity contribution in [2.24, 2.45) is 0 Å². The molecule has 7 nitrogen and oxygen atoms in total. The third kappa shape index (κ3) is 5.63. The van der Waals surface area contributed by atoms with Gasteiger partial charge in [-0.2, -0.15) is 0 Å². The van der Waals surface area contributed by atoms with Gasteiger partial charge in [-0.05, 0) is 47.9 Å². The van der Waals surface area contributed by atoms with Gasteiger partial charge in [0.15, 0.2) is 6.79 Å². The molecular weight excluding hydrogens is 442 g/mol. The van der Waals surface area contributed by atoms with E-state index in [1.165, 1.54) is 0 Å². The van der Waals surface area contributed by atoms with Crippen LogP contribution in [0.25, 0.3) is 11.1 Å². The molecule has 1 aliphatic rings. The Morgan fingerprint density at radius 3 is 2.51 bits per heavy atom. The van der Waals surface area contributed by atoms with Gasteiger partial charge in [-0.3, -0.25) is 9.78 Å². The smallest absolute Gasteiger partial charge is 0.258 e. The van der Waals surface area contributed by atoms with Crippen LogP contribution in [-0.4, -0.2) is 44.6 Å². The van der Waals surface area contributed by atoms with Crippen LogP contribution in [0, 0.1) is 0 Å². The van der Waals surface area contributed by atoms with E-state index in [1.54, 1.807) is 24.1 Å². The van der Waals surface area contributed by atoms with E-state index in [0.29, 0.717) is 36.8 Å². The van der Waals surface area contributed by atoms with Crippen molar-refractivity contribution in [3.8, 4) is 16.9 Å². The van der Waals surface area contributed by atoms with Crippen LogP contribution in [0.1, 0.15) is 42.4 Å². The summed E-state index contributed by atoms with van der Waals surface area (Å²) >= 11 is 0. The summed E-state index contributed by atoms with van der Waals surface area (Å²) in [4.78, 5) is 19.7. The maximum absolute atomic E-state index is 13.3. The van der Waals surface area contributed by atoms with Gasteiger partial charge in [-0.25, -0.2) is 0 Å². The van der Waals surface area contributed by atoms with Crippen molar-refractivity contribution in [3.05, 3.63) is 71.5 Å². The lowest BCUT2D eigenvalue weighted by Gasteiger charge is -2.29. The van der Waals surface area contributed by atoms with E-state index in [-0.39, 0.29) is 18.1 Å². The highest BCUT2D eigenvalue weighted by atomic mass is 16.7. The van der Waals surface area contributed by atoms with Crippen LogP contribution < -0.4 is 15.4 Å². The van der Waals surface area contributed by atoms with E-state index in [4.69, 9.17) is 19.9 Å². The van der Waals surface area contributed by atoms with Crippen molar-refractivity contribution in [2.45, 2.75) is 32.6 Å². The number of nitrogens with two attached hydrogens (primary N) is 1. The van der Waals surface area contributed by atoms with Crippen molar-refractivity contribution in [1.82, 2.24) is 4.98 Å². The summed E-state index contributed by atoms with van der Waals surface area (Å²) in [6.45, 7) is 8.06. The average molecular weight is 476 g/mol. The number of hydrogen-bond donors (Lipinski definition) is 1. The summed E-state index contributed by atoms with van der Waals surface area (Å²) < 4.78 is 15.8. The molecule has 0 fully saturated rings. The van der Waals surface area contributed by atoms with Crippen LogP contribution in [0.3, 0.4) is 0 Å². The van der Waals surface area contributed by atoms with Gasteiger partial charge in [0.2, 0.25) is 0 Å². The molecule has 7 heteroatoms. The Kier molecular flexibility index (Phi) is 7.38. The summed E-state index contributed by atoms with van der Waals surface area (Å²) in [6.07, 6.45) is 2.67. The van der Waals surface area contributed by atoms with E-state index < -0.39 is 0 Å². The van der Waals surface area contributed by atoms with Gasteiger partial charge in [0, 0.05) is 47.8 Å². The highest BCUT2D eigenvalue weighted by Crippen LogP contribution is 2.32. The van der Waals surface area contributed by atoms with Crippen molar-refractivity contribution in [3.63, 3.8) is 0 Å². The molecule has 0 radical (unpaired) electrons. The van der Waals surface area contributed by atoms with Crippen LogP contribution in [-0.2, 0) is 21.3 Å². The number of pyridine rings is 1. The lowest BCUT2D eigenvalue weighted by atomic mass is 9.90. The summed E-state index contributed by atoms with van der Waals surface area (Å²) in [5.41, 5.74) is 12.3. The van der Waals surface area contributed by atoms with Gasteiger partial charge in [-0.1, -0.05) is 39.0 Å². The molecule has 2 aromatic carbocycles. The van der Waals surface area contributed by atoms with Crippen LogP contribution in [0.2, 0.25) is 0 Å². The number of fused-ring (bicyclic) bond motifs is 1. The lowest BCUT2D eigenvalue weighted by molar-refractivity contribution is -0.00813. The minimum atomic E-state index is -0.0324. The fourth-order valence-corrected chi connectivity index (χ4v) is 4.06. The predicted octanol–water partition coefficient (Wildman–Crippen LogP) is 4.83. The number of nitrogen functional groups attached to an aromatic ring is 1. The average Bonchev–Trinajstić information content (AvgIpc) is 2.84. The van der Waals surface area contributed by atoms with Crippen LogP contribution in [0.15, 0.2) is 54.7 Å². The van der Waals surface area contributed by atoms with Gasteiger partial charge >= 0.3 is 0 Å². The fourth-order valence-electron chi connectivity index (χ4n) is 4.06. The minimum Gasteiger partial charge on any atom is -0.465 e. The number of hydrogen-bond acceptors (Lipinski definition) is 6. The Balaban J connectivity index is 1.47. The number of nitrogens with zero attached hydrogens (tertiary/aromatic N) is 2. The van der Waals surface area contributed by atoms with Crippen LogP contribution in [0.5, 0.6) is 5.75 Å². The molecule has 1 amide bonds. The molecule has 0 aliphatic carbocycles. The fraction of sp³-hybridized carbons (Fsp3) is 0.357.